The van der Waals surface area contributed by atoms with E-state index in [4.69, 9.17) is 0 Å². The van der Waals surface area contributed by atoms with Gasteiger partial charge in [0.2, 0.25) is 5.95 Å². The first-order valence-electron chi connectivity index (χ1n) is 7.84. The summed E-state index contributed by atoms with van der Waals surface area (Å²) in [7, 11) is 0. The van der Waals surface area contributed by atoms with Crippen molar-refractivity contribution in [1.29, 1.82) is 0 Å². The van der Waals surface area contributed by atoms with Crippen LogP contribution in [0.2, 0.25) is 0 Å². The zero-order valence-electron chi connectivity index (χ0n) is 13.6. The van der Waals surface area contributed by atoms with Crippen LogP contribution in [-0.4, -0.2) is 40.8 Å². The third kappa shape index (κ3) is 3.46. The average Bonchev–Trinajstić information content (AvgIpc) is 3.35. The van der Waals surface area contributed by atoms with Crippen LogP contribution in [0.1, 0.15) is 15.9 Å². The van der Waals surface area contributed by atoms with Gasteiger partial charge in [-0.05, 0) is 29.8 Å². The molecule has 0 aliphatic heterocycles. The lowest BCUT2D eigenvalue weighted by atomic mass is 10.1. The molecule has 3 heterocycles. The van der Waals surface area contributed by atoms with Crippen LogP contribution in [0, 0.1) is 0 Å². The molecular formula is C17H14N8O. The highest BCUT2D eigenvalue weighted by atomic mass is 16.1. The molecule has 0 bridgehead atoms. The molecule has 0 fully saturated rings. The van der Waals surface area contributed by atoms with Gasteiger partial charge in [0.15, 0.2) is 5.82 Å². The molecule has 0 spiro atoms. The summed E-state index contributed by atoms with van der Waals surface area (Å²) in [4.78, 5) is 24.7. The molecule has 0 atom stereocenters. The van der Waals surface area contributed by atoms with Gasteiger partial charge >= 0.3 is 0 Å². The molecule has 0 saturated heterocycles. The normalized spacial score (nSPS) is 10.6. The molecule has 4 aromatic rings. The number of pyridine rings is 1. The number of amides is 1. The van der Waals surface area contributed by atoms with E-state index in [0.717, 1.165) is 5.56 Å². The summed E-state index contributed by atoms with van der Waals surface area (Å²) in [6.07, 6.45) is 4.79. The number of benzene rings is 1. The van der Waals surface area contributed by atoms with E-state index < -0.39 is 0 Å². The van der Waals surface area contributed by atoms with Crippen LogP contribution >= 0.6 is 0 Å². The van der Waals surface area contributed by atoms with Crippen molar-refractivity contribution >= 4 is 11.9 Å². The van der Waals surface area contributed by atoms with Crippen LogP contribution in [0.5, 0.6) is 0 Å². The number of carbonyl (C=O) groups is 1. The Morgan fingerprint density at radius 3 is 2.77 bits per heavy atom. The first-order valence-corrected chi connectivity index (χ1v) is 7.84. The SMILES string of the molecule is O=C(Nc1n[nH]c(-c2ccccn2)n1)c1ccc(Cn2cncn2)cc1. The minimum absolute atomic E-state index is 0.197. The minimum Gasteiger partial charge on any atom is -0.289 e. The molecule has 0 saturated carbocycles. The number of hydrogen-bond donors (Lipinski definition) is 2. The Morgan fingerprint density at radius 2 is 2.04 bits per heavy atom. The highest BCUT2D eigenvalue weighted by Crippen LogP contribution is 2.13. The molecule has 1 amide bonds. The highest BCUT2D eigenvalue weighted by molar-refractivity contribution is 6.03. The van der Waals surface area contributed by atoms with Crippen molar-refractivity contribution in [2.45, 2.75) is 6.54 Å². The lowest BCUT2D eigenvalue weighted by molar-refractivity contribution is 0.102. The van der Waals surface area contributed by atoms with Crippen molar-refractivity contribution in [3.63, 3.8) is 0 Å². The van der Waals surface area contributed by atoms with Gasteiger partial charge in [-0.3, -0.25) is 20.2 Å². The lowest BCUT2D eigenvalue weighted by Gasteiger charge is -2.04. The molecule has 26 heavy (non-hydrogen) atoms. The maximum Gasteiger partial charge on any atom is 0.258 e. The molecule has 128 valence electrons. The second-order valence-electron chi connectivity index (χ2n) is 5.47. The van der Waals surface area contributed by atoms with Gasteiger partial charge in [0.25, 0.3) is 5.91 Å². The number of hydrogen-bond acceptors (Lipinski definition) is 6. The van der Waals surface area contributed by atoms with Gasteiger partial charge in [-0.2, -0.15) is 10.1 Å². The Morgan fingerprint density at radius 1 is 1.15 bits per heavy atom. The summed E-state index contributed by atoms with van der Waals surface area (Å²) < 4.78 is 1.71. The van der Waals surface area contributed by atoms with Gasteiger partial charge in [0, 0.05) is 11.8 Å². The number of rotatable bonds is 5. The van der Waals surface area contributed by atoms with Crippen molar-refractivity contribution in [2.24, 2.45) is 0 Å². The minimum atomic E-state index is -0.288. The van der Waals surface area contributed by atoms with Crippen molar-refractivity contribution in [3.8, 4) is 11.5 Å². The van der Waals surface area contributed by atoms with E-state index in [0.29, 0.717) is 23.6 Å². The maximum atomic E-state index is 12.3. The van der Waals surface area contributed by atoms with E-state index in [9.17, 15) is 4.79 Å². The standard InChI is InChI=1S/C17H14N8O/c26-16(13-6-4-12(5-7-13)9-25-11-18-10-20-25)22-17-21-15(23-24-17)14-3-1-2-8-19-14/h1-8,10-11H,9H2,(H2,21,22,23,24,26). The van der Waals surface area contributed by atoms with Gasteiger partial charge in [-0.1, -0.05) is 18.2 Å². The zero-order chi connectivity index (χ0) is 17.8. The summed E-state index contributed by atoms with van der Waals surface area (Å²) in [6.45, 7) is 0.594. The number of H-pyrrole nitrogens is 1. The summed E-state index contributed by atoms with van der Waals surface area (Å²) in [5, 5.41) is 13.5. The van der Waals surface area contributed by atoms with E-state index in [2.05, 4.69) is 35.6 Å². The van der Waals surface area contributed by atoms with Crippen molar-refractivity contribution in [2.75, 3.05) is 5.32 Å². The monoisotopic (exact) mass is 346 g/mol. The third-order valence-corrected chi connectivity index (χ3v) is 3.65. The van der Waals surface area contributed by atoms with Crippen LogP contribution in [0.15, 0.2) is 61.3 Å². The van der Waals surface area contributed by atoms with E-state index in [1.807, 2.05) is 24.3 Å². The number of aromatic amines is 1. The zero-order valence-corrected chi connectivity index (χ0v) is 13.6. The van der Waals surface area contributed by atoms with Crippen molar-refractivity contribution in [3.05, 3.63) is 72.4 Å². The largest absolute Gasteiger partial charge is 0.289 e. The third-order valence-electron chi connectivity index (χ3n) is 3.65. The van der Waals surface area contributed by atoms with Crippen molar-refractivity contribution in [1.82, 2.24) is 34.9 Å². The Balaban J connectivity index is 1.42. The molecule has 0 aliphatic carbocycles. The molecule has 4 rings (SSSR count). The fraction of sp³-hybridized carbons (Fsp3) is 0.0588. The van der Waals surface area contributed by atoms with E-state index >= 15 is 0 Å². The van der Waals surface area contributed by atoms with Gasteiger partial charge in [0.05, 0.1) is 6.54 Å². The second-order valence-corrected chi connectivity index (χ2v) is 5.47. The summed E-state index contributed by atoms with van der Waals surface area (Å²) in [6, 6.07) is 12.7. The smallest absolute Gasteiger partial charge is 0.258 e. The highest BCUT2D eigenvalue weighted by Gasteiger charge is 2.11. The molecule has 9 nitrogen and oxygen atoms in total. The Hall–Kier alpha value is -3.88. The number of nitrogens with zero attached hydrogens (tertiary/aromatic N) is 6. The quantitative estimate of drug-likeness (QED) is 0.569. The van der Waals surface area contributed by atoms with Crippen LogP contribution < -0.4 is 5.32 Å². The first kappa shape index (κ1) is 15.6. The molecule has 3 aromatic heterocycles. The predicted molar refractivity (Wildman–Crippen MR) is 93.1 cm³/mol. The molecule has 1 aromatic carbocycles. The van der Waals surface area contributed by atoms with Gasteiger partial charge in [-0.25, -0.2) is 9.67 Å². The molecule has 9 heteroatoms. The van der Waals surface area contributed by atoms with Gasteiger partial charge in [0.1, 0.15) is 18.3 Å². The Kier molecular flexibility index (Phi) is 4.17. The summed E-state index contributed by atoms with van der Waals surface area (Å²) in [5.74, 6) is 0.398. The maximum absolute atomic E-state index is 12.3. The summed E-state index contributed by atoms with van der Waals surface area (Å²) >= 11 is 0. The molecule has 0 unspecified atom stereocenters. The Labute approximate surface area is 148 Å². The number of carbonyl (C=O) groups excluding carboxylic acids is 1. The molecule has 0 radical (unpaired) electrons. The number of nitrogens with one attached hydrogen (secondary N) is 2. The van der Waals surface area contributed by atoms with Crippen LogP contribution in [-0.2, 0) is 6.54 Å². The fourth-order valence-corrected chi connectivity index (χ4v) is 2.37. The average molecular weight is 346 g/mol. The fourth-order valence-electron chi connectivity index (χ4n) is 2.37. The lowest BCUT2D eigenvalue weighted by Crippen LogP contribution is -2.13. The molecule has 2 N–H and O–H groups in total. The molecular weight excluding hydrogens is 332 g/mol. The van der Waals surface area contributed by atoms with Crippen LogP contribution in [0.3, 0.4) is 0 Å². The Bertz CT molecular complexity index is 993. The number of anilines is 1. The van der Waals surface area contributed by atoms with Gasteiger partial charge < -0.3 is 0 Å². The number of aromatic nitrogens is 7. The second kappa shape index (κ2) is 6.93. The van der Waals surface area contributed by atoms with Crippen molar-refractivity contribution < 1.29 is 4.79 Å². The van der Waals surface area contributed by atoms with Crippen LogP contribution in [0.4, 0.5) is 5.95 Å². The van der Waals surface area contributed by atoms with E-state index in [1.165, 1.54) is 6.33 Å². The van der Waals surface area contributed by atoms with Gasteiger partial charge in [-0.15, -0.1) is 5.10 Å². The predicted octanol–water partition coefficient (Wildman–Crippen LogP) is 1.76. The van der Waals surface area contributed by atoms with Crippen LogP contribution in [0.25, 0.3) is 11.5 Å². The molecule has 0 aliphatic rings. The van der Waals surface area contributed by atoms with E-state index in [-0.39, 0.29) is 11.9 Å². The topological polar surface area (TPSA) is 114 Å². The summed E-state index contributed by atoms with van der Waals surface area (Å²) in [5.41, 5.74) is 2.18. The first-order chi connectivity index (χ1) is 12.8. The van der Waals surface area contributed by atoms with E-state index in [1.54, 1.807) is 35.4 Å².